The molecule has 0 aromatic heterocycles. The Kier molecular flexibility index (Phi) is 10.6. The zero-order valence-electron chi connectivity index (χ0n) is 19.3. The summed E-state index contributed by atoms with van der Waals surface area (Å²) < 4.78 is 0. The summed E-state index contributed by atoms with van der Waals surface area (Å²) in [7, 11) is 3.42. The van der Waals surface area contributed by atoms with Crippen LogP contribution < -0.4 is 0 Å². The van der Waals surface area contributed by atoms with Gasteiger partial charge >= 0.3 is 0 Å². The number of rotatable bonds is 0. The smallest absolute Gasteiger partial charge is 0.261 e. The molecule has 2 aliphatic heterocycles. The number of amides is 4. The van der Waals surface area contributed by atoms with Crippen molar-refractivity contribution in [3.8, 4) is 0 Å². The van der Waals surface area contributed by atoms with E-state index in [4.69, 9.17) is 0 Å². The largest absolute Gasteiger partial charge is 0.277 e. The molecule has 0 N–H and O–H groups in total. The Morgan fingerprint density at radius 3 is 1.33 bits per heavy atom. The standard InChI is InChI=1S/C13H15NO2.C9H7NO2.C2H8Si.2CH4/c1-13(2,3)8-5-6-9-10(7-8)12(16)14(4)11(9)15;1-10-8(11)6-4-2-3-5-7(6)9(10)12;1-3-2;;/h5-7H,1-4H3;2-5H,1H3;3H2,1-2H3;2*1H4. The average Bonchev–Trinajstić information content (AvgIpc) is 3.09. The van der Waals surface area contributed by atoms with Gasteiger partial charge in [-0.2, -0.15) is 0 Å². The van der Waals surface area contributed by atoms with Gasteiger partial charge in [0, 0.05) is 23.6 Å². The molecule has 0 aliphatic carbocycles. The Labute approximate surface area is 200 Å². The van der Waals surface area contributed by atoms with Gasteiger partial charge in [0.05, 0.1) is 22.3 Å². The van der Waals surface area contributed by atoms with Crippen molar-refractivity contribution < 1.29 is 19.2 Å². The quantitative estimate of drug-likeness (QED) is 0.415. The summed E-state index contributed by atoms with van der Waals surface area (Å²) in [6.45, 7) is 10.8. The van der Waals surface area contributed by atoms with Crippen LogP contribution >= 0.6 is 0 Å². The van der Waals surface area contributed by atoms with Gasteiger partial charge < -0.3 is 0 Å². The molecule has 33 heavy (non-hydrogen) atoms. The Balaban J connectivity index is 0.000000539. The first-order chi connectivity index (χ1) is 14.4. The Hall–Kier alpha value is -3.06. The van der Waals surface area contributed by atoms with E-state index >= 15 is 0 Å². The van der Waals surface area contributed by atoms with Crippen LogP contribution in [0.25, 0.3) is 0 Å². The van der Waals surface area contributed by atoms with Gasteiger partial charge in [-0.15, -0.1) is 0 Å². The van der Waals surface area contributed by atoms with E-state index in [2.05, 4.69) is 33.9 Å². The fourth-order valence-electron chi connectivity index (χ4n) is 3.14. The van der Waals surface area contributed by atoms with Gasteiger partial charge in [-0.05, 0) is 35.2 Å². The summed E-state index contributed by atoms with van der Waals surface area (Å²) in [6, 6.07) is 12.3. The Bertz CT molecular complexity index is 1010. The topological polar surface area (TPSA) is 74.8 Å². The number of nitrogens with zero attached hydrogens (tertiary/aromatic N) is 2. The third-order valence-electron chi connectivity index (χ3n) is 4.95. The minimum atomic E-state index is -0.212. The number of imide groups is 2. The van der Waals surface area contributed by atoms with E-state index in [9.17, 15) is 19.2 Å². The monoisotopic (exact) mass is 470 g/mol. The van der Waals surface area contributed by atoms with Crippen LogP contribution in [0.4, 0.5) is 0 Å². The summed E-state index contributed by atoms with van der Waals surface area (Å²) in [5.74, 6) is -0.835. The van der Waals surface area contributed by atoms with Gasteiger partial charge in [0.1, 0.15) is 0 Å². The third-order valence-corrected chi connectivity index (χ3v) is 4.95. The summed E-state index contributed by atoms with van der Waals surface area (Å²) in [5, 5.41) is 0. The lowest BCUT2D eigenvalue weighted by Gasteiger charge is -2.19. The highest BCUT2D eigenvalue weighted by Gasteiger charge is 2.33. The molecule has 0 atom stereocenters. The Morgan fingerprint density at radius 2 is 0.970 bits per heavy atom. The minimum Gasteiger partial charge on any atom is -0.277 e. The van der Waals surface area contributed by atoms with E-state index in [1.165, 1.54) is 14.1 Å². The van der Waals surface area contributed by atoms with Crippen molar-refractivity contribution >= 4 is 33.1 Å². The molecule has 2 heterocycles. The molecule has 0 unspecified atom stereocenters. The van der Waals surface area contributed by atoms with Crippen molar-refractivity contribution in [2.24, 2.45) is 0 Å². The van der Waals surface area contributed by atoms with E-state index < -0.39 is 0 Å². The maximum atomic E-state index is 11.8. The molecule has 0 saturated heterocycles. The van der Waals surface area contributed by atoms with E-state index in [-0.39, 0.29) is 43.9 Å². The predicted octanol–water partition coefficient (Wildman–Crippen LogP) is 4.65. The molecule has 0 radical (unpaired) electrons. The second-order valence-electron chi connectivity index (χ2n) is 8.60. The van der Waals surface area contributed by atoms with E-state index in [1.54, 1.807) is 30.3 Å². The number of carbonyl (C=O) groups is 4. The van der Waals surface area contributed by atoms with Crippen molar-refractivity contribution in [3.05, 3.63) is 70.3 Å². The minimum absolute atomic E-state index is 0. The summed E-state index contributed by atoms with van der Waals surface area (Å²) >= 11 is 0. The molecule has 180 valence electrons. The molecule has 7 heteroatoms. The number of fused-ring (bicyclic) bond motifs is 2. The molecular weight excluding hydrogens is 432 g/mol. The van der Waals surface area contributed by atoms with E-state index in [0.29, 0.717) is 31.8 Å². The van der Waals surface area contributed by atoms with Gasteiger partial charge in [-0.3, -0.25) is 29.0 Å². The van der Waals surface area contributed by atoms with Crippen molar-refractivity contribution in [2.75, 3.05) is 14.1 Å². The lowest BCUT2D eigenvalue weighted by Crippen LogP contribution is -2.24. The zero-order valence-corrected chi connectivity index (χ0v) is 20.7. The first kappa shape index (κ1) is 29.9. The van der Waals surface area contributed by atoms with Gasteiger partial charge in [0.25, 0.3) is 23.6 Å². The van der Waals surface area contributed by atoms with Crippen LogP contribution in [0.5, 0.6) is 0 Å². The van der Waals surface area contributed by atoms with Crippen LogP contribution in [0.1, 0.15) is 82.6 Å². The number of hydrogen-bond acceptors (Lipinski definition) is 4. The average molecular weight is 471 g/mol. The maximum absolute atomic E-state index is 11.8. The van der Waals surface area contributed by atoms with Gasteiger partial charge in [-0.25, -0.2) is 0 Å². The second-order valence-corrected chi connectivity index (χ2v) is 10.0. The van der Waals surface area contributed by atoms with E-state index in [1.807, 2.05) is 12.1 Å². The second kappa shape index (κ2) is 11.7. The summed E-state index contributed by atoms with van der Waals surface area (Å²) in [5.41, 5.74) is 3.11. The molecule has 2 aliphatic rings. The lowest BCUT2D eigenvalue weighted by atomic mass is 9.85. The molecule has 0 saturated carbocycles. The molecule has 0 bridgehead atoms. The molecule has 6 nitrogen and oxygen atoms in total. The first-order valence-electron chi connectivity index (χ1n) is 10.3. The van der Waals surface area contributed by atoms with Gasteiger partial charge in [0.15, 0.2) is 0 Å². The lowest BCUT2D eigenvalue weighted by molar-refractivity contribution is 0.0677. The Morgan fingerprint density at radius 1 is 0.636 bits per heavy atom. The van der Waals surface area contributed by atoms with E-state index in [0.717, 1.165) is 15.4 Å². The number of hydrogen-bond donors (Lipinski definition) is 0. The van der Waals surface area contributed by atoms with Gasteiger partial charge in [-0.1, -0.05) is 66.9 Å². The van der Waals surface area contributed by atoms with Crippen LogP contribution in [0, 0.1) is 0 Å². The van der Waals surface area contributed by atoms with Crippen LogP contribution in [-0.2, 0) is 5.41 Å². The van der Waals surface area contributed by atoms with Crippen molar-refractivity contribution in [1.29, 1.82) is 0 Å². The first-order valence-corrected chi connectivity index (χ1v) is 13.2. The summed E-state index contributed by atoms with van der Waals surface area (Å²) in [4.78, 5) is 48.4. The molecule has 4 amide bonds. The molecular formula is C26H38N2O4Si. The highest BCUT2D eigenvalue weighted by molar-refractivity contribution is 6.31. The van der Waals surface area contributed by atoms with Crippen LogP contribution in [0.15, 0.2) is 42.5 Å². The SMILES string of the molecule is C.C.CN1C(=O)c2ccc(C(C)(C)C)cc2C1=O.CN1C(=O)c2ccccc2C1=O.C[SiH2]C. The van der Waals surface area contributed by atoms with Crippen LogP contribution in [0.3, 0.4) is 0 Å². The zero-order chi connectivity index (χ0) is 23.5. The number of carbonyl (C=O) groups excluding carboxylic acids is 4. The van der Waals surface area contributed by atoms with Crippen molar-refractivity contribution in [3.63, 3.8) is 0 Å². The summed E-state index contributed by atoms with van der Waals surface area (Å²) in [6.07, 6.45) is 0. The number of benzene rings is 2. The van der Waals surface area contributed by atoms with Crippen molar-refractivity contribution in [2.45, 2.75) is 54.1 Å². The van der Waals surface area contributed by atoms with Crippen LogP contribution in [0.2, 0.25) is 13.1 Å². The maximum Gasteiger partial charge on any atom is 0.261 e. The highest BCUT2D eigenvalue weighted by atomic mass is 28.2. The normalized spacial score (nSPS) is 13.7. The molecule has 2 aromatic carbocycles. The van der Waals surface area contributed by atoms with Crippen molar-refractivity contribution in [1.82, 2.24) is 9.80 Å². The molecule has 2 aromatic rings. The predicted molar refractivity (Wildman–Crippen MR) is 138 cm³/mol. The fourth-order valence-corrected chi connectivity index (χ4v) is 3.14. The van der Waals surface area contributed by atoms with Crippen LogP contribution in [-0.4, -0.2) is 57.0 Å². The van der Waals surface area contributed by atoms with Gasteiger partial charge in [0.2, 0.25) is 0 Å². The third kappa shape index (κ3) is 6.04. The molecule has 4 rings (SSSR count). The molecule has 0 fully saturated rings. The highest BCUT2D eigenvalue weighted by Crippen LogP contribution is 2.28. The molecule has 0 spiro atoms. The fraction of sp³-hybridized carbons (Fsp3) is 0.385.